The molecule has 5 heteroatoms. The van der Waals surface area contributed by atoms with Crippen LogP contribution < -0.4 is 5.73 Å². The number of ether oxygens (including phenoxy) is 1. The molecular formula is C9H15N3O2. The van der Waals surface area contributed by atoms with E-state index in [-0.39, 0.29) is 11.9 Å². The van der Waals surface area contributed by atoms with Gasteiger partial charge in [-0.3, -0.25) is 9.69 Å². The topological polar surface area (TPSA) is 79.3 Å². The standard InChI is InChI=1S/C9H15N3O2/c10-3-1-6-14-7-5-12-4-2-8(12)9(11)13/h8H,1-2,4-7H2,(H2,11,13). The van der Waals surface area contributed by atoms with Crippen LogP contribution in [0, 0.1) is 11.3 Å². The van der Waals surface area contributed by atoms with Crippen molar-refractivity contribution in [3.05, 3.63) is 0 Å². The van der Waals surface area contributed by atoms with Crippen molar-refractivity contribution in [1.29, 1.82) is 5.26 Å². The monoisotopic (exact) mass is 197 g/mol. The summed E-state index contributed by atoms with van der Waals surface area (Å²) in [5, 5.41) is 8.25. The average molecular weight is 197 g/mol. The van der Waals surface area contributed by atoms with E-state index < -0.39 is 0 Å². The Balaban J connectivity index is 2.02. The highest BCUT2D eigenvalue weighted by atomic mass is 16.5. The molecule has 1 heterocycles. The van der Waals surface area contributed by atoms with Crippen molar-refractivity contribution in [3.8, 4) is 6.07 Å². The number of nitrogens with zero attached hydrogens (tertiary/aromatic N) is 2. The van der Waals surface area contributed by atoms with Crippen LogP contribution in [0.25, 0.3) is 0 Å². The summed E-state index contributed by atoms with van der Waals surface area (Å²) in [5.41, 5.74) is 5.18. The van der Waals surface area contributed by atoms with Gasteiger partial charge in [-0.25, -0.2) is 0 Å². The molecule has 2 N–H and O–H groups in total. The summed E-state index contributed by atoms with van der Waals surface area (Å²) in [6.45, 7) is 2.66. The Labute approximate surface area is 83.4 Å². The van der Waals surface area contributed by atoms with Crippen molar-refractivity contribution in [3.63, 3.8) is 0 Å². The Bertz CT molecular complexity index is 237. The minimum absolute atomic E-state index is 0.102. The van der Waals surface area contributed by atoms with Crippen molar-refractivity contribution in [1.82, 2.24) is 4.90 Å². The lowest BCUT2D eigenvalue weighted by Crippen LogP contribution is -2.55. The largest absolute Gasteiger partial charge is 0.379 e. The molecule has 0 radical (unpaired) electrons. The zero-order valence-electron chi connectivity index (χ0n) is 8.11. The van der Waals surface area contributed by atoms with E-state index in [0.29, 0.717) is 19.6 Å². The van der Waals surface area contributed by atoms with Gasteiger partial charge in [0, 0.05) is 13.1 Å². The lowest BCUT2D eigenvalue weighted by molar-refractivity contribution is -0.127. The molecule has 1 rings (SSSR count). The van der Waals surface area contributed by atoms with E-state index in [1.165, 1.54) is 0 Å². The van der Waals surface area contributed by atoms with Gasteiger partial charge in [-0.1, -0.05) is 0 Å². The SMILES string of the molecule is N#CCCOCCN1CCC1C(N)=O. The van der Waals surface area contributed by atoms with Crippen molar-refractivity contribution in [2.24, 2.45) is 5.73 Å². The fourth-order valence-electron chi connectivity index (χ4n) is 1.43. The fraction of sp³-hybridized carbons (Fsp3) is 0.778. The highest BCUT2D eigenvalue weighted by molar-refractivity contribution is 5.80. The molecule has 1 unspecified atom stereocenters. The third kappa shape index (κ3) is 2.98. The minimum atomic E-state index is -0.256. The van der Waals surface area contributed by atoms with Crippen molar-refractivity contribution < 1.29 is 9.53 Å². The van der Waals surface area contributed by atoms with E-state index in [2.05, 4.69) is 0 Å². The van der Waals surface area contributed by atoms with Gasteiger partial charge in [0.05, 0.1) is 31.7 Å². The first-order chi connectivity index (χ1) is 6.75. The van der Waals surface area contributed by atoms with Crippen LogP contribution in [0.1, 0.15) is 12.8 Å². The normalized spacial score (nSPS) is 21.2. The van der Waals surface area contributed by atoms with E-state index in [0.717, 1.165) is 19.5 Å². The fourth-order valence-corrected chi connectivity index (χ4v) is 1.43. The molecule has 0 aromatic heterocycles. The van der Waals surface area contributed by atoms with Gasteiger partial charge in [-0.05, 0) is 6.42 Å². The number of carbonyl (C=O) groups is 1. The van der Waals surface area contributed by atoms with Gasteiger partial charge in [-0.15, -0.1) is 0 Å². The van der Waals surface area contributed by atoms with E-state index in [9.17, 15) is 4.79 Å². The number of amides is 1. The summed E-state index contributed by atoms with van der Waals surface area (Å²) in [6.07, 6.45) is 1.27. The molecule has 1 aliphatic heterocycles. The molecule has 1 atom stereocenters. The van der Waals surface area contributed by atoms with Gasteiger partial charge >= 0.3 is 0 Å². The minimum Gasteiger partial charge on any atom is -0.379 e. The van der Waals surface area contributed by atoms with Crippen LogP contribution in [0.15, 0.2) is 0 Å². The highest BCUT2D eigenvalue weighted by Gasteiger charge is 2.31. The quantitative estimate of drug-likeness (QED) is 0.581. The Morgan fingerprint density at radius 3 is 2.93 bits per heavy atom. The van der Waals surface area contributed by atoms with Gasteiger partial charge < -0.3 is 10.5 Å². The van der Waals surface area contributed by atoms with Gasteiger partial charge in [-0.2, -0.15) is 5.26 Å². The number of hydrogen-bond donors (Lipinski definition) is 1. The second-order valence-corrected chi connectivity index (χ2v) is 3.26. The maximum Gasteiger partial charge on any atom is 0.234 e. The van der Waals surface area contributed by atoms with Crippen LogP contribution in [0.2, 0.25) is 0 Å². The first kappa shape index (κ1) is 11.0. The highest BCUT2D eigenvalue weighted by Crippen LogP contribution is 2.15. The summed E-state index contributed by atoms with van der Waals surface area (Å²) in [5.74, 6) is -0.256. The Kier molecular flexibility index (Phi) is 4.36. The molecule has 0 aromatic rings. The zero-order chi connectivity index (χ0) is 10.4. The summed E-state index contributed by atoms with van der Waals surface area (Å²) in [7, 11) is 0. The van der Waals surface area contributed by atoms with Crippen molar-refractivity contribution in [2.45, 2.75) is 18.9 Å². The lowest BCUT2D eigenvalue weighted by Gasteiger charge is -2.38. The summed E-state index contributed by atoms with van der Waals surface area (Å²) >= 11 is 0. The summed E-state index contributed by atoms with van der Waals surface area (Å²) in [4.78, 5) is 12.8. The first-order valence-corrected chi connectivity index (χ1v) is 4.73. The Morgan fingerprint density at radius 2 is 2.43 bits per heavy atom. The molecule has 0 aliphatic carbocycles. The predicted octanol–water partition coefficient (Wildman–Crippen LogP) is -0.524. The molecule has 0 aromatic carbocycles. The number of carbonyl (C=O) groups excluding carboxylic acids is 1. The van der Waals surface area contributed by atoms with E-state index >= 15 is 0 Å². The molecule has 1 fully saturated rings. The smallest absolute Gasteiger partial charge is 0.234 e. The summed E-state index contributed by atoms with van der Waals surface area (Å²) < 4.78 is 5.19. The molecule has 5 nitrogen and oxygen atoms in total. The number of nitrogens with two attached hydrogens (primary N) is 1. The maximum absolute atomic E-state index is 10.8. The van der Waals surface area contributed by atoms with E-state index in [4.69, 9.17) is 15.7 Å². The molecule has 0 spiro atoms. The molecule has 14 heavy (non-hydrogen) atoms. The van der Waals surface area contributed by atoms with Crippen molar-refractivity contribution >= 4 is 5.91 Å². The van der Waals surface area contributed by atoms with Crippen molar-refractivity contribution in [2.75, 3.05) is 26.3 Å². The number of primary amides is 1. The van der Waals surface area contributed by atoms with Crippen LogP contribution in [0.5, 0.6) is 0 Å². The number of likely N-dealkylation sites (tertiary alicyclic amines) is 1. The summed E-state index contributed by atoms with van der Waals surface area (Å²) in [6, 6.07) is 1.90. The molecule has 1 saturated heterocycles. The van der Waals surface area contributed by atoms with Crippen LogP contribution in [-0.4, -0.2) is 43.2 Å². The Morgan fingerprint density at radius 1 is 1.64 bits per heavy atom. The third-order valence-corrected chi connectivity index (χ3v) is 2.34. The third-order valence-electron chi connectivity index (χ3n) is 2.34. The zero-order valence-corrected chi connectivity index (χ0v) is 8.11. The second-order valence-electron chi connectivity index (χ2n) is 3.26. The van der Waals surface area contributed by atoms with Gasteiger partial charge in [0.25, 0.3) is 0 Å². The lowest BCUT2D eigenvalue weighted by atomic mass is 10.0. The molecular weight excluding hydrogens is 182 g/mol. The molecule has 0 bridgehead atoms. The number of nitriles is 1. The molecule has 78 valence electrons. The average Bonchev–Trinajstić information content (AvgIpc) is 2.08. The van der Waals surface area contributed by atoms with Crippen LogP contribution >= 0.6 is 0 Å². The molecule has 1 amide bonds. The van der Waals surface area contributed by atoms with E-state index in [1.807, 2.05) is 11.0 Å². The van der Waals surface area contributed by atoms with Crippen LogP contribution in [-0.2, 0) is 9.53 Å². The molecule has 1 aliphatic rings. The van der Waals surface area contributed by atoms with Gasteiger partial charge in [0.2, 0.25) is 5.91 Å². The number of rotatable bonds is 6. The predicted molar refractivity (Wildman–Crippen MR) is 50.2 cm³/mol. The van der Waals surface area contributed by atoms with Crippen LogP contribution in [0.4, 0.5) is 0 Å². The van der Waals surface area contributed by atoms with Crippen LogP contribution in [0.3, 0.4) is 0 Å². The van der Waals surface area contributed by atoms with Gasteiger partial charge in [0.1, 0.15) is 0 Å². The molecule has 0 saturated carbocycles. The first-order valence-electron chi connectivity index (χ1n) is 4.73. The second kappa shape index (κ2) is 5.58. The van der Waals surface area contributed by atoms with E-state index in [1.54, 1.807) is 0 Å². The maximum atomic E-state index is 10.8. The number of hydrogen-bond acceptors (Lipinski definition) is 4. The Hall–Kier alpha value is -1.12. The van der Waals surface area contributed by atoms with Gasteiger partial charge in [0.15, 0.2) is 0 Å².